The summed E-state index contributed by atoms with van der Waals surface area (Å²) in [4.78, 5) is 35.9. The van der Waals surface area contributed by atoms with E-state index in [1.807, 2.05) is 24.3 Å². The van der Waals surface area contributed by atoms with E-state index >= 15 is 0 Å². The molecular formula is C28H35NO7. The summed E-state index contributed by atoms with van der Waals surface area (Å²) >= 11 is 0. The lowest BCUT2D eigenvalue weighted by Crippen LogP contribution is -2.16. The second kappa shape index (κ2) is 12.8. The van der Waals surface area contributed by atoms with Crippen LogP contribution in [-0.2, 0) is 0 Å². The van der Waals surface area contributed by atoms with E-state index in [0.717, 1.165) is 17.7 Å². The molecule has 0 aliphatic carbocycles. The number of allylic oxidation sites excluding steroid dienone is 2. The van der Waals surface area contributed by atoms with Gasteiger partial charge in [-0.05, 0) is 60.9 Å². The van der Waals surface area contributed by atoms with Gasteiger partial charge in [0.25, 0.3) is 0 Å². The maximum atomic E-state index is 12.9. The van der Waals surface area contributed by atoms with Gasteiger partial charge in [-0.1, -0.05) is 45.9 Å². The summed E-state index contributed by atoms with van der Waals surface area (Å²) in [6, 6.07) is 8.56. The summed E-state index contributed by atoms with van der Waals surface area (Å²) < 4.78 is 11.1. The molecule has 1 heterocycles. The molecule has 2 rings (SSSR count). The Morgan fingerprint density at radius 2 is 1.86 bits per heavy atom. The van der Waals surface area contributed by atoms with Gasteiger partial charge in [0.05, 0.1) is 6.61 Å². The Balaban J connectivity index is 2.07. The smallest absolute Gasteiger partial charge is 0.408 e. The molecular weight excluding hydrogens is 462 g/mol. The summed E-state index contributed by atoms with van der Waals surface area (Å²) in [5.74, 6) is -0.303. The third-order valence-corrected chi connectivity index (χ3v) is 5.50. The van der Waals surface area contributed by atoms with Gasteiger partial charge in [-0.15, -0.1) is 0 Å². The highest BCUT2D eigenvalue weighted by molar-refractivity contribution is 6.12. The number of nitrogens with one attached hydrogen (secondary N) is 1. The number of amides is 1. The Bertz CT molecular complexity index is 1170. The normalized spacial score (nSPS) is 13.0. The number of Topliss-reactive ketones (excluding diaryl/α,β-unsaturated/α-hetero) is 1. The fourth-order valence-corrected chi connectivity index (χ4v) is 3.30. The molecule has 194 valence electrons. The molecule has 0 aliphatic heterocycles. The van der Waals surface area contributed by atoms with Crippen molar-refractivity contribution < 1.29 is 29.0 Å². The number of benzene rings is 1. The fraction of sp³-hybridized carbons (Fsp3) is 0.393. The van der Waals surface area contributed by atoms with Crippen LogP contribution in [0.1, 0.15) is 81.5 Å². The van der Waals surface area contributed by atoms with Crippen LogP contribution < -0.4 is 15.7 Å². The topological polar surface area (TPSA) is 126 Å². The van der Waals surface area contributed by atoms with Crippen molar-refractivity contribution in [1.29, 1.82) is 0 Å². The molecule has 0 fully saturated rings. The molecule has 0 saturated carbocycles. The van der Waals surface area contributed by atoms with Gasteiger partial charge >= 0.3 is 11.7 Å². The lowest BCUT2D eigenvalue weighted by atomic mass is 9.93. The highest BCUT2D eigenvalue weighted by Gasteiger charge is 2.22. The number of carbonyl (C=O) groups is 2. The van der Waals surface area contributed by atoms with Gasteiger partial charge in [0, 0.05) is 18.2 Å². The van der Waals surface area contributed by atoms with Crippen LogP contribution in [0.2, 0.25) is 0 Å². The molecule has 0 aliphatic rings. The molecule has 36 heavy (non-hydrogen) atoms. The Morgan fingerprint density at radius 1 is 1.19 bits per heavy atom. The minimum atomic E-state index is -1.16. The molecule has 0 saturated heterocycles. The first-order valence-corrected chi connectivity index (χ1v) is 11.8. The SMILES string of the molecule is C/C(=C\c1ccc(OCCC(C)(C)C)cc1)C(=O)c1c(O)cc(C(C)CCC=CNC(=O)O)oc1=O. The van der Waals surface area contributed by atoms with Gasteiger partial charge in [0.2, 0.25) is 0 Å². The van der Waals surface area contributed by atoms with Gasteiger partial charge in [-0.3, -0.25) is 10.1 Å². The summed E-state index contributed by atoms with van der Waals surface area (Å²) in [5, 5.41) is 21.1. The van der Waals surface area contributed by atoms with E-state index in [4.69, 9.17) is 14.3 Å². The monoisotopic (exact) mass is 497 g/mol. The Hall–Kier alpha value is -3.81. The van der Waals surface area contributed by atoms with Crippen LogP contribution in [0.3, 0.4) is 0 Å². The van der Waals surface area contributed by atoms with Crippen LogP contribution in [0.25, 0.3) is 6.08 Å². The van der Waals surface area contributed by atoms with Gasteiger partial charge in [0.15, 0.2) is 5.78 Å². The number of rotatable bonds is 11. The summed E-state index contributed by atoms with van der Waals surface area (Å²) in [7, 11) is 0. The van der Waals surface area contributed by atoms with Crippen molar-refractivity contribution in [3.63, 3.8) is 0 Å². The van der Waals surface area contributed by atoms with Crippen molar-refractivity contribution in [1.82, 2.24) is 5.32 Å². The zero-order valence-corrected chi connectivity index (χ0v) is 21.5. The molecule has 1 atom stereocenters. The van der Waals surface area contributed by atoms with E-state index in [9.17, 15) is 19.5 Å². The Labute approximate surface area is 211 Å². The molecule has 1 aromatic carbocycles. The first-order valence-electron chi connectivity index (χ1n) is 11.8. The molecule has 1 aromatic heterocycles. The number of carbonyl (C=O) groups excluding carboxylic acids is 1. The molecule has 1 unspecified atom stereocenters. The summed E-state index contributed by atoms with van der Waals surface area (Å²) in [6.45, 7) is 10.4. The zero-order chi connectivity index (χ0) is 26.9. The third kappa shape index (κ3) is 9.09. The molecule has 0 spiro atoms. The van der Waals surface area contributed by atoms with E-state index in [0.29, 0.717) is 19.4 Å². The number of carboxylic acid groups (broad SMARTS) is 1. The number of ketones is 1. The molecule has 8 nitrogen and oxygen atoms in total. The van der Waals surface area contributed by atoms with Gasteiger partial charge < -0.3 is 19.4 Å². The number of hydrogen-bond acceptors (Lipinski definition) is 6. The minimum Gasteiger partial charge on any atom is -0.507 e. The molecule has 2 aromatic rings. The van der Waals surface area contributed by atoms with E-state index in [1.165, 1.54) is 12.3 Å². The van der Waals surface area contributed by atoms with Crippen LogP contribution in [0.5, 0.6) is 11.5 Å². The van der Waals surface area contributed by atoms with Crippen molar-refractivity contribution in [3.05, 3.63) is 75.5 Å². The summed E-state index contributed by atoms with van der Waals surface area (Å²) in [6.07, 6.45) is 5.42. The Morgan fingerprint density at radius 3 is 2.44 bits per heavy atom. The molecule has 0 radical (unpaired) electrons. The standard InChI is InChI=1S/C28H35NO7/c1-18(8-6-7-14-29-27(33)34)23-17-22(30)24(26(32)36-23)25(31)19(2)16-20-9-11-21(12-10-20)35-15-13-28(3,4)5/h7,9-12,14,16-18,29-30H,6,8,13,15H2,1-5H3,(H,33,34)/b14-7?,19-16+. The molecule has 1 amide bonds. The summed E-state index contributed by atoms with van der Waals surface area (Å²) in [5.41, 5.74) is -0.0975. The van der Waals surface area contributed by atoms with Crippen molar-refractivity contribution in [3.8, 4) is 11.5 Å². The first kappa shape index (κ1) is 28.4. The van der Waals surface area contributed by atoms with E-state index < -0.39 is 28.8 Å². The van der Waals surface area contributed by atoms with Gasteiger partial charge in [0.1, 0.15) is 22.8 Å². The quantitative estimate of drug-likeness (QED) is 0.252. The van der Waals surface area contributed by atoms with Gasteiger partial charge in [-0.2, -0.15) is 0 Å². The van der Waals surface area contributed by atoms with Crippen molar-refractivity contribution in [2.24, 2.45) is 5.41 Å². The van der Waals surface area contributed by atoms with Crippen LogP contribution >= 0.6 is 0 Å². The van der Waals surface area contributed by atoms with Crippen molar-refractivity contribution >= 4 is 18.0 Å². The number of ether oxygens (including phenoxy) is 1. The average molecular weight is 498 g/mol. The van der Waals surface area contributed by atoms with Crippen LogP contribution in [0.4, 0.5) is 4.79 Å². The maximum Gasteiger partial charge on any atom is 0.408 e. The van der Waals surface area contributed by atoms with Crippen LogP contribution in [0.15, 0.2) is 57.4 Å². The van der Waals surface area contributed by atoms with E-state index in [1.54, 1.807) is 26.0 Å². The van der Waals surface area contributed by atoms with Crippen molar-refractivity contribution in [2.45, 2.75) is 59.8 Å². The molecule has 3 N–H and O–H groups in total. The van der Waals surface area contributed by atoms with Gasteiger partial charge in [-0.25, -0.2) is 9.59 Å². The average Bonchev–Trinajstić information content (AvgIpc) is 2.78. The lowest BCUT2D eigenvalue weighted by Gasteiger charge is -2.18. The number of aromatic hydroxyl groups is 1. The fourth-order valence-electron chi connectivity index (χ4n) is 3.30. The van der Waals surface area contributed by atoms with Crippen molar-refractivity contribution in [2.75, 3.05) is 6.61 Å². The minimum absolute atomic E-state index is 0.188. The largest absolute Gasteiger partial charge is 0.507 e. The third-order valence-electron chi connectivity index (χ3n) is 5.50. The predicted octanol–water partition coefficient (Wildman–Crippen LogP) is 6.11. The predicted molar refractivity (Wildman–Crippen MR) is 139 cm³/mol. The molecule has 8 heteroatoms. The second-order valence-electron chi connectivity index (χ2n) is 9.91. The van der Waals surface area contributed by atoms with E-state index in [-0.39, 0.29) is 22.7 Å². The Kier molecular flexibility index (Phi) is 10.1. The first-order chi connectivity index (χ1) is 16.9. The van der Waals surface area contributed by atoms with Crippen LogP contribution in [0, 0.1) is 5.41 Å². The zero-order valence-electron chi connectivity index (χ0n) is 21.5. The molecule has 0 bridgehead atoms. The highest BCUT2D eigenvalue weighted by Crippen LogP contribution is 2.26. The van der Waals surface area contributed by atoms with Crippen LogP contribution in [-0.4, -0.2) is 28.7 Å². The number of hydrogen-bond donors (Lipinski definition) is 3. The second-order valence-corrected chi connectivity index (χ2v) is 9.91. The lowest BCUT2D eigenvalue weighted by molar-refractivity contribution is 0.102. The van der Waals surface area contributed by atoms with E-state index in [2.05, 4.69) is 26.1 Å². The maximum absolute atomic E-state index is 12.9. The highest BCUT2D eigenvalue weighted by atomic mass is 16.5.